The fraction of sp³-hybridized carbons (Fsp3) is 0.364. The SMILES string of the molecule is NCC(=O)NC(Cc1c[nH]c2ccccc12)C(=O)NC(CC(N)=O)C(=O)NC(CCC(=O)O)C(=O)O. The highest BCUT2D eigenvalue weighted by atomic mass is 16.4. The largest absolute Gasteiger partial charge is 0.481 e. The van der Waals surface area contributed by atoms with Gasteiger partial charge in [-0.15, -0.1) is 0 Å². The third-order valence-electron chi connectivity index (χ3n) is 5.24. The molecule has 0 bridgehead atoms. The maximum atomic E-state index is 13.1. The molecule has 10 N–H and O–H groups in total. The van der Waals surface area contributed by atoms with Crippen LogP contribution in [0.5, 0.6) is 0 Å². The predicted molar refractivity (Wildman–Crippen MR) is 125 cm³/mol. The van der Waals surface area contributed by atoms with Crippen LogP contribution in [0.3, 0.4) is 0 Å². The molecule has 1 aromatic carbocycles. The Labute approximate surface area is 204 Å². The minimum Gasteiger partial charge on any atom is -0.481 e. The van der Waals surface area contributed by atoms with Crippen molar-refractivity contribution in [1.82, 2.24) is 20.9 Å². The van der Waals surface area contributed by atoms with Crippen molar-refractivity contribution in [3.63, 3.8) is 0 Å². The Kier molecular flexibility index (Phi) is 9.92. The number of carbonyl (C=O) groups is 6. The summed E-state index contributed by atoms with van der Waals surface area (Å²) in [6.07, 6.45) is 0.0225. The van der Waals surface area contributed by atoms with Crippen LogP contribution in [-0.2, 0) is 35.2 Å². The Morgan fingerprint density at radius 3 is 2.17 bits per heavy atom. The van der Waals surface area contributed by atoms with Crippen molar-refractivity contribution in [3.05, 3.63) is 36.0 Å². The normalized spacial score (nSPS) is 13.2. The van der Waals surface area contributed by atoms with Crippen LogP contribution in [0.2, 0.25) is 0 Å². The lowest BCUT2D eigenvalue weighted by molar-refractivity contribution is -0.143. The predicted octanol–water partition coefficient (Wildman–Crippen LogP) is -2.05. The summed E-state index contributed by atoms with van der Waals surface area (Å²) in [5.41, 5.74) is 12.0. The molecule has 0 fully saturated rings. The first kappa shape index (κ1) is 27.8. The summed E-state index contributed by atoms with van der Waals surface area (Å²) >= 11 is 0. The van der Waals surface area contributed by atoms with Crippen molar-refractivity contribution in [2.75, 3.05) is 6.54 Å². The number of nitrogens with two attached hydrogens (primary N) is 2. The van der Waals surface area contributed by atoms with Crippen molar-refractivity contribution >= 4 is 46.5 Å². The van der Waals surface area contributed by atoms with Crippen LogP contribution >= 0.6 is 0 Å². The van der Waals surface area contributed by atoms with E-state index in [1.54, 1.807) is 12.3 Å². The third-order valence-corrected chi connectivity index (χ3v) is 5.24. The molecule has 1 aromatic heterocycles. The summed E-state index contributed by atoms with van der Waals surface area (Å²) in [5.74, 6) is -6.29. The molecule has 36 heavy (non-hydrogen) atoms. The molecule has 3 atom stereocenters. The Balaban J connectivity index is 2.23. The van der Waals surface area contributed by atoms with Crippen LogP contribution in [0.15, 0.2) is 30.5 Å². The summed E-state index contributed by atoms with van der Waals surface area (Å²) in [4.78, 5) is 74.5. The highest BCUT2D eigenvalue weighted by Gasteiger charge is 2.31. The monoisotopic (exact) mass is 504 g/mol. The molecular weight excluding hydrogens is 476 g/mol. The lowest BCUT2D eigenvalue weighted by atomic mass is 10.0. The van der Waals surface area contributed by atoms with E-state index in [0.29, 0.717) is 5.56 Å². The van der Waals surface area contributed by atoms with Crippen molar-refractivity contribution < 1.29 is 39.0 Å². The molecule has 0 aliphatic heterocycles. The summed E-state index contributed by atoms with van der Waals surface area (Å²) in [6, 6.07) is 2.88. The van der Waals surface area contributed by atoms with E-state index >= 15 is 0 Å². The van der Waals surface area contributed by atoms with Gasteiger partial charge in [0.05, 0.1) is 13.0 Å². The second kappa shape index (κ2) is 12.9. The van der Waals surface area contributed by atoms with Crippen LogP contribution in [0.1, 0.15) is 24.8 Å². The first-order chi connectivity index (χ1) is 17.0. The number of hydrogen-bond donors (Lipinski definition) is 8. The van der Waals surface area contributed by atoms with E-state index in [1.807, 2.05) is 18.2 Å². The Morgan fingerprint density at radius 1 is 0.917 bits per heavy atom. The topological polar surface area (TPSA) is 247 Å². The number of primary amides is 1. The number of amides is 4. The van der Waals surface area contributed by atoms with Gasteiger partial charge in [-0.05, 0) is 18.1 Å². The molecular formula is C22H28N6O8. The van der Waals surface area contributed by atoms with Gasteiger partial charge in [-0.3, -0.25) is 24.0 Å². The zero-order valence-electron chi connectivity index (χ0n) is 19.2. The van der Waals surface area contributed by atoms with Gasteiger partial charge in [0.1, 0.15) is 18.1 Å². The average Bonchev–Trinajstić information content (AvgIpc) is 3.22. The zero-order valence-corrected chi connectivity index (χ0v) is 19.2. The number of aliphatic carboxylic acids is 2. The number of para-hydroxylation sites is 1. The van der Waals surface area contributed by atoms with Gasteiger partial charge < -0.3 is 42.6 Å². The van der Waals surface area contributed by atoms with Gasteiger partial charge in [-0.1, -0.05) is 18.2 Å². The number of carboxylic acids is 2. The molecule has 194 valence electrons. The van der Waals surface area contributed by atoms with Crippen molar-refractivity contribution in [3.8, 4) is 0 Å². The molecule has 0 saturated heterocycles. The highest BCUT2D eigenvalue weighted by Crippen LogP contribution is 2.19. The lowest BCUT2D eigenvalue weighted by Crippen LogP contribution is -2.57. The molecule has 4 amide bonds. The minimum atomic E-state index is -1.58. The number of rotatable bonds is 14. The third kappa shape index (κ3) is 8.09. The first-order valence-corrected chi connectivity index (χ1v) is 10.9. The van der Waals surface area contributed by atoms with Gasteiger partial charge in [-0.25, -0.2) is 4.79 Å². The van der Waals surface area contributed by atoms with Crippen LogP contribution in [0.25, 0.3) is 10.9 Å². The number of aromatic nitrogens is 1. The van der Waals surface area contributed by atoms with Crippen molar-refractivity contribution in [2.24, 2.45) is 11.5 Å². The fourth-order valence-electron chi connectivity index (χ4n) is 3.46. The molecule has 2 aromatic rings. The van der Waals surface area contributed by atoms with Gasteiger partial charge in [-0.2, -0.15) is 0 Å². The van der Waals surface area contributed by atoms with Gasteiger partial charge in [0.2, 0.25) is 23.6 Å². The summed E-state index contributed by atoms with van der Waals surface area (Å²) in [6.45, 7) is -0.410. The quantitative estimate of drug-likeness (QED) is 0.141. The number of hydrogen-bond acceptors (Lipinski definition) is 7. The number of aromatic amines is 1. The second-order valence-corrected chi connectivity index (χ2v) is 7.95. The standard InChI is InChI=1S/C22H28N6O8/c23-9-18(30)26-15(7-11-10-25-13-4-2-1-3-12(11)13)20(33)28-16(8-17(24)29)21(34)27-14(22(35)36)5-6-19(31)32/h1-4,10,14-16,25H,5-9,23H2,(H2,24,29)(H,26,30)(H,27,34)(H,28,33)(H,31,32)(H,35,36). The van der Waals surface area contributed by atoms with Crippen LogP contribution < -0.4 is 27.4 Å². The number of carboxylic acid groups (broad SMARTS) is 2. The molecule has 0 saturated carbocycles. The zero-order chi connectivity index (χ0) is 26.8. The number of carbonyl (C=O) groups excluding carboxylic acids is 4. The van der Waals surface area contributed by atoms with E-state index in [0.717, 1.165) is 10.9 Å². The van der Waals surface area contributed by atoms with Gasteiger partial charge in [0.25, 0.3) is 0 Å². The van der Waals surface area contributed by atoms with E-state index in [1.165, 1.54) is 0 Å². The fourth-order valence-corrected chi connectivity index (χ4v) is 3.46. The molecule has 0 spiro atoms. The van der Waals surface area contributed by atoms with E-state index in [4.69, 9.17) is 16.6 Å². The molecule has 14 heteroatoms. The van der Waals surface area contributed by atoms with Crippen LogP contribution in [-0.4, -0.2) is 75.4 Å². The Morgan fingerprint density at radius 2 is 1.56 bits per heavy atom. The second-order valence-electron chi connectivity index (χ2n) is 7.95. The smallest absolute Gasteiger partial charge is 0.326 e. The summed E-state index contributed by atoms with van der Waals surface area (Å²) in [7, 11) is 0. The van der Waals surface area contributed by atoms with Crippen LogP contribution in [0, 0.1) is 0 Å². The highest BCUT2D eigenvalue weighted by molar-refractivity contribution is 5.96. The van der Waals surface area contributed by atoms with Crippen LogP contribution in [0.4, 0.5) is 0 Å². The molecule has 14 nitrogen and oxygen atoms in total. The van der Waals surface area contributed by atoms with E-state index in [2.05, 4.69) is 20.9 Å². The summed E-state index contributed by atoms with van der Waals surface area (Å²) in [5, 5.41) is 25.7. The number of benzene rings is 1. The van der Waals surface area contributed by atoms with Gasteiger partial charge in [0.15, 0.2) is 0 Å². The molecule has 0 aliphatic rings. The molecule has 3 unspecified atom stereocenters. The van der Waals surface area contributed by atoms with Gasteiger partial charge in [0, 0.05) is 29.9 Å². The maximum absolute atomic E-state index is 13.1. The van der Waals surface area contributed by atoms with Crippen molar-refractivity contribution in [1.29, 1.82) is 0 Å². The summed E-state index contributed by atoms with van der Waals surface area (Å²) < 4.78 is 0. The number of H-pyrrole nitrogens is 1. The number of fused-ring (bicyclic) bond motifs is 1. The van der Waals surface area contributed by atoms with E-state index in [9.17, 15) is 33.9 Å². The lowest BCUT2D eigenvalue weighted by Gasteiger charge is -2.24. The molecule has 0 radical (unpaired) electrons. The average molecular weight is 505 g/mol. The Hall–Kier alpha value is -4.46. The molecule has 2 rings (SSSR count). The maximum Gasteiger partial charge on any atom is 0.326 e. The van der Waals surface area contributed by atoms with E-state index < -0.39 is 79.5 Å². The van der Waals surface area contributed by atoms with Gasteiger partial charge >= 0.3 is 11.9 Å². The molecule has 1 heterocycles. The number of nitrogens with one attached hydrogen (secondary N) is 4. The first-order valence-electron chi connectivity index (χ1n) is 10.9. The molecule has 0 aliphatic carbocycles. The Bertz CT molecular complexity index is 1150. The van der Waals surface area contributed by atoms with Crippen molar-refractivity contribution in [2.45, 2.75) is 43.8 Å². The minimum absolute atomic E-state index is 0.00284. The van der Waals surface area contributed by atoms with E-state index in [-0.39, 0.29) is 6.42 Å².